The van der Waals surface area contributed by atoms with Crippen molar-refractivity contribution in [1.29, 1.82) is 0 Å². The van der Waals surface area contributed by atoms with Crippen LogP contribution in [0.5, 0.6) is 0 Å². The fraction of sp³-hybridized carbons (Fsp3) is 0.0714. The molecule has 0 aromatic heterocycles. The summed E-state index contributed by atoms with van der Waals surface area (Å²) >= 11 is 11.9. The van der Waals surface area contributed by atoms with E-state index < -0.39 is 0 Å². The van der Waals surface area contributed by atoms with E-state index in [9.17, 15) is 9.18 Å². The van der Waals surface area contributed by atoms with Crippen LogP contribution in [-0.4, -0.2) is 5.91 Å². The van der Waals surface area contributed by atoms with E-state index in [1.54, 1.807) is 30.3 Å². The second-order valence-electron chi connectivity index (χ2n) is 3.91. The zero-order valence-electron chi connectivity index (χ0n) is 9.79. The van der Waals surface area contributed by atoms with Crippen molar-refractivity contribution >= 4 is 29.1 Å². The van der Waals surface area contributed by atoms with Crippen LogP contribution in [0.1, 0.15) is 15.9 Å². The van der Waals surface area contributed by atoms with E-state index in [4.69, 9.17) is 23.2 Å². The number of nitrogens with one attached hydrogen (secondary N) is 1. The van der Waals surface area contributed by atoms with Crippen molar-refractivity contribution in [3.63, 3.8) is 0 Å². The van der Waals surface area contributed by atoms with Gasteiger partial charge in [-0.15, -0.1) is 0 Å². The fourth-order valence-corrected chi connectivity index (χ4v) is 2.16. The maximum absolute atomic E-state index is 12.7. The molecule has 0 heterocycles. The number of carbonyl (C=O) groups is 1. The lowest BCUT2D eigenvalue weighted by molar-refractivity contribution is 0.0951. The van der Waals surface area contributed by atoms with Gasteiger partial charge < -0.3 is 5.32 Å². The molecule has 0 aliphatic carbocycles. The SMILES string of the molecule is O=C(NCc1ccc(F)cc1)c1c(Cl)cccc1Cl. The quantitative estimate of drug-likeness (QED) is 0.909. The molecular formula is C14H10Cl2FNO. The lowest BCUT2D eigenvalue weighted by Crippen LogP contribution is -2.23. The highest BCUT2D eigenvalue weighted by molar-refractivity contribution is 6.39. The summed E-state index contributed by atoms with van der Waals surface area (Å²) in [5.41, 5.74) is 1.03. The molecule has 1 N–H and O–H groups in total. The lowest BCUT2D eigenvalue weighted by Gasteiger charge is -2.08. The Bertz CT molecular complexity index is 579. The first-order valence-corrected chi connectivity index (χ1v) is 6.30. The Kier molecular flexibility index (Phi) is 4.40. The second-order valence-corrected chi connectivity index (χ2v) is 4.72. The minimum atomic E-state index is -0.361. The van der Waals surface area contributed by atoms with E-state index in [0.717, 1.165) is 5.56 Å². The Balaban J connectivity index is 2.07. The van der Waals surface area contributed by atoms with Crippen molar-refractivity contribution in [3.8, 4) is 0 Å². The zero-order chi connectivity index (χ0) is 13.8. The van der Waals surface area contributed by atoms with Gasteiger partial charge in [-0.1, -0.05) is 41.4 Å². The zero-order valence-corrected chi connectivity index (χ0v) is 11.3. The minimum Gasteiger partial charge on any atom is -0.348 e. The summed E-state index contributed by atoms with van der Waals surface area (Å²) in [6, 6.07) is 10.7. The summed E-state index contributed by atoms with van der Waals surface area (Å²) < 4.78 is 12.7. The molecule has 0 saturated heterocycles. The fourth-order valence-electron chi connectivity index (χ4n) is 1.59. The maximum Gasteiger partial charge on any atom is 0.254 e. The van der Waals surface area contributed by atoms with Crippen LogP contribution in [0.4, 0.5) is 4.39 Å². The van der Waals surface area contributed by atoms with Gasteiger partial charge in [-0.25, -0.2) is 4.39 Å². The normalized spacial score (nSPS) is 10.3. The summed E-state index contributed by atoms with van der Waals surface area (Å²) in [6.07, 6.45) is 0. The first-order valence-electron chi connectivity index (χ1n) is 5.54. The molecular weight excluding hydrogens is 288 g/mol. The Morgan fingerprint density at radius 2 is 1.63 bits per heavy atom. The Morgan fingerprint density at radius 3 is 2.21 bits per heavy atom. The van der Waals surface area contributed by atoms with Gasteiger partial charge in [-0.3, -0.25) is 4.79 Å². The molecule has 98 valence electrons. The lowest BCUT2D eigenvalue weighted by atomic mass is 10.2. The van der Waals surface area contributed by atoms with Gasteiger partial charge in [0.2, 0.25) is 0 Å². The summed E-state index contributed by atoms with van der Waals surface area (Å²) in [6.45, 7) is 0.278. The van der Waals surface area contributed by atoms with Gasteiger partial charge in [-0.2, -0.15) is 0 Å². The van der Waals surface area contributed by atoms with Gasteiger partial charge in [0.1, 0.15) is 5.82 Å². The largest absolute Gasteiger partial charge is 0.348 e. The van der Waals surface area contributed by atoms with Crippen LogP contribution in [0.2, 0.25) is 10.0 Å². The molecule has 0 bridgehead atoms. The van der Waals surface area contributed by atoms with Crippen molar-refractivity contribution in [2.75, 3.05) is 0 Å². The molecule has 0 saturated carbocycles. The number of halogens is 3. The van der Waals surface area contributed by atoms with Gasteiger partial charge in [-0.05, 0) is 29.8 Å². The number of carbonyl (C=O) groups excluding carboxylic acids is 1. The van der Waals surface area contributed by atoms with E-state index in [1.165, 1.54) is 12.1 Å². The molecule has 2 aromatic rings. The summed E-state index contributed by atoms with van der Waals surface area (Å²) in [7, 11) is 0. The highest BCUT2D eigenvalue weighted by Crippen LogP contribution is 2.24. The number of hydrogen-bond donors (Lipinski definition) is 1. The molecule has 2 rings (SSSR count). The average Bonchev–Trinajstić information content (AvgIpc) is 2.38. The van der Waals surface area contributed by atoms with Crippen molar-refractivity contribution in [3.05, 3.63) is 69.5 Å². The molecule has 0 aliphatic heterocycles. The van der Waals surface area contributed by atoms with E-state index in [0.29, 0.717) is 10.0 Å². The Labute approximate surface area is 120 Å². The Morgan fingerprint density at radius 1 is 1.05 bits per heavy atom. The smallest absolute Gasteiger partial charge is 0.254 e. The first kappa shape index (κ1) is 13.8. The predicted molar refractivity (Wildman–Crippen MR) is 74.0 cm³/mol. The van der Waals surface area contributed by atoms with Crippen LogP contribution in [0, 0.1) is 5.82 Å². The molecule has 0 fully saturated rings. The van der Waals surface area contributed by atoms with E-state index >= 15 is 0 Å². The van der Waals surface area contributed by atoms with Gasteiger partial charge in [0.25, 0.3) is 5.91 Å². The average molecular weight is 298 g/mol. The van der Waals surface area contributed by atoms with Gasteiger partial charge >= 0.3 is 0 Å². The van der Waals surface area contributed by atoms with E-state index in [2.05, 4.69) is 5.32 Å². The number of benzene rings is 2. The van der Waals surface area contributed by atoms with Gasteiger partial charge in [0.05, 0.1) is 15.6 Å². The third-order valence-corrected chi connectivity index (χ3v) is 3.19. The highest BCUT2D eigenvalue weighted by atomic mass is 35.5. The first-order chi connectivity index (χ1) is 9.08. The van der Waals surface area contributed by atoms with Crippen LogP contribution >= 0.6 is 23.2 Å². The topological polar surface area (TPSA) is 29.1 Å². The van der Waals surface area contributed by atoms with Crippen LogP contribution < -0.4 is 5.32 Å². The molecule has 0 radical (unpaired) electrons. The number of rotatable bonds is 3. The van der Waals surface area contributed by atoms with Crippen molar-refractivity contribution in [2.45, 2.75) is 6.54 Å². The van der Waals surface area contributed by atoms with Crippen LogP contribution in [0.3, 0.4) is 0 Å². The van der Waals surface area contributed by atoms with Crippen molar-refractivity contribution in [1.82, 2.24) is 5.32 Å². The molecule has 2 nitrogen and oxygen atoms in total. The molecule has 0 aliphatic rings. The van der Waals surface area contributed by atoms with Crippen molar-refractivity contribution < 1.29 is 9.18 Å². The highest BCUT2D eigenvalue weighted by Gasteiger charge is 2.13. The van der Waals surface area contributed by atoms with Crippen molar-refractivity contribution in [2.24, 2.45) is 0 Å². The monoisotopic (exact) mass is 297 g/mol. The minimum absolute atomic E-state index is 0.243. The number of amides is 1. The third kappa shape index (κ3) is 3.46. The predicted octanol–water partition coefficient (Wildman–Crippen LogP) is 4.06. The van der Waals surface area contributed by atoms with Gasteiger partial charge in [0.15, 0.2) is 0 Å². The summed E-state index contributed by atoms with van der Waals surface area (Å²) in [5.74, 6) is -0.677. The van der Waals surface area contributed by atoms with Crippen LogP contribution in [0.25, 0.3) is 0 Å². The van der Waals surface area contributed by atoms with E-state index in [-0.39, 0.29) is 23.8 Å². The molecule has 0 atom stereocenters. The third-order valence-electron chi connectivity index (χ3n) is 2.56. The maximum atomic E-state index is 12.7. The summed E-state index contributed by atoms with van der Waals surface area (Å²) in [4.78, 5) is 12.0. The van der Waals surface area contributed by atoms with Crippen LogP contribution in [-0.2, 0) is 6.54 Å². The van der Waals surface area contributed by atoms with Gasteiger partial charge in [0, 0.05) is 6.54 Å². The Hall–Kier alpha value is -1.58. The standard InChI is InChI=1S/C14H10Cl2FNO/c15-11-2-1-3-12(16)13(11)14(19)18-8-9-4-6-10(17)7-5-9/h1-7H,8H2,(H,18,19). The summed E-state index contributed by atoms with van der Waals surface area (Å²) in [5, 5.41) is 3.28. The second kappa shape index (κ2) is 6.04. The number of hydrogen-bond acceptors (Lipinski definition) is 1. The molecule has 19 heavy (non-hydrogen) atoms. The molecule has 5 heteroatoms. The van der Waals surface area contributed by atoms with E-state index in [1.807, 2.05) is 0 Å². The molecule has 2 aromatic carbocycles. The molecule has 0 unspecified atom stereocenters. The molecule has 0 spiro atoms. The molecule has 1 amide bonds. The van der Waals surface area contributed by atoms with Crippen LogP contribution in [0.15, 0.2) is 42.5 Å².